The van der Waals surface area contributed by atoms with Crippen LogP contribution in [0.1, 0.15) is 18.5 Å². The maximum atomic E-state index is 12.2. The van der Waals surface area contributed by atoms with Gasteiger partial charge in [-0.15, -0.1) is 0 Å². The van der Waals surface area contributed by atoms with Crippen molar-refractivity contribution in [2.45, 2.75) is 19.4 Å². The summed E-state index contributed by atoms with van der Waals surface area (Å²) in [4.78, 5) is 35.2. The van der Waals surface area contributed by atoms with Gasteiger partial charge in [0.1, 0.15) is 5.82 Å². The molecule has 1 aliphatic heterocycles. The Morgan fingerprint density at radius 2 is 1.96 bits per heavy atom. The molecule has 0 radical (unpaired) electrons. The molecular formula is C18H22N4O2. The second-order valence-corrected chi connectivity index (χ2v) is 6.21. The maximum Gasteiger partial charge on any atom is 0.251 e. The molecule has 0 bridgehead atoms. The van der Waals surface area contributed by atoms with E-state index in [-0.39, 0.29) is 11.5 Å². The molecule has 0 unspecified atom stereocenters. The molecule has 1 amide bonds. The fourth-order valence-electron chi connectivity index (χ4n) is 2.95. The van der Waals surface area contributed by atoms with E-state index in [2.05, 4.69) is 9.97 Å². The number of aromatic nitrogens is 2. The van der Waals surface area contributed by atoms with Gasteiger partial charge in [0, 0.05) is 31.3 Å². The summed E-state index contributed by atoms with van der Waals surface area (Å²) in [5, 5.41) is 0. The van der Waals surface area contributed by atoms with Crippen LogP contribution in [0.3, 0.4) is 0 Å². The zero-order chi connectivity index (χ0) is 16.9. The molecule has 0 atom stereocenters. The lowest BCUT2D eigenvalue weighted by Crippen LogP contribution is -2.37. The highest BCUT2D eigenvalue weighted by Gasteiger charge is 2.19. The molecule has 1 fully saturated rings. The van der Waals surface area contributed by atoms with Gasteiger partial charge in [-0.1, -0.05) is 30.3 Å². The number of likely N-dealkylation sites (N-methyl/N-ethyl adjacent to an activating group) is 1. The Bertz CT molecular complexity index is 751. The second-order valence-electron chi connectivity index (χ2n) is 6.21. The summed E-state index contributed by atoms with van der Waals surface area (Å²) < 4.78 is 0. The lowest BCUT2D eigenvalue weighted by molar-refractivity contribution is -0.131. The molecule has 1 N–H and O–H groups in total. The van der Waals surface area contributed by atoms with Crippen molar-refractivity contribution in [3.8, 4) is 11.4 Å². The Hall–Kier alpha value is -2.47. The molecule has 0 spiro atoms. The maximum absolute atomic E-state index is 12.2. The van der Waals surface area contributed by atoms with Gasteiger partial charge >= 0.3 is 0 Å². The third kappa shape index (κ3) is 4.08. The van der Waals surface area contributed by atoms with E-state index in [0.717, 1.165) is 31.5 Å². The van der Waals surface area contributed by atoms with Gasteiger partial charge in [0.05, 0.1) is 12.2 Å². The number of carbonyl (C=O) groups is 1. The molecule has 2 heterocycles. The van der Waals surface area contributed by atoms with Crippen molar-refractivity contribution in [3.63, 3.8) is 0 Å². The number of H-pyrrole nitrogens is 1. The molecule has 1 aromatic carbocycles. The Balaban J connectivity index is 1.69. The van der Waals surface area contributed by atoms with Crippen LogP contribution < -0.4 is 5.56 Å². The predicted molar refractivity (Wildman–Crippen MR) is 92.4 cm³/mol. The minimum Gasteiger partial charge on any atom is -0.342 e. The third-order valence-electron chi connectivity index (χ3n) is 4.14. The SMILES string of the molecule is CN(CC(=O)N1CCCC1)Cc1cc(=O)[nH]c(-c2ccccc2)n1. The fourth-order valence-corrected chi connectivity index (χ4v) is 2.95. The normalized spacial score (nSPS) is 14.3. The first-order chi connectivity index (χ1) is 11.6. The first kappa shape index (κ1) is 16.4. The van der Waals surface area contributed by atoms with Crippen molar-refractivity contribution < 1.29 is 4.79 Å². The molecule has 0 saturated carbocycles. The number of hydrogen-bond donors (Lipinski definition) is 1. The molecule has 1 saturated heterocycles. The summed E-state index contributed by atoms with van der Waals surface area (Å²) in [7, 11) is 1.87. The summed E-state index contributed by atoms with van der Waals surface area (Å²) in [6.45, 7) is 2.51. The first-order valence-electron chi connectivity index (χ1n) is 8.24. The summed E-state index contributed by atoms with van der Waals surface area (Å²) >= 11 is 0. The number of hydrogen-bond acceptors (Lipinski definition) is 4. The van der Waals surface area contributed by atoms with Crippen LogP contribution >= 0.6 is 0 Å². The van der Waals surface area contributed by atoms with Gasteiger partial charge in [0.15, 0.2) is 0 Å². The third-order valence-corrected chi connectivity index (χ3v) is 4.14. The Morgan fingerprint density at radius 3 is 2.67 bits per heavy atom. The number of nitrogens with one attached hydrogen (secondary N) is 1. The van der Waals surface area contributed by atoms with E-state index in [1.54, 1.807) is 0 Å². The van der Waals surface area contributed by atoms with Crippen LogP contribution in [0.5, 0.6) is 0 Å². The molecule has 126 valence electrons. The van der Waals surface area contributed by atoms with E-state index in [0.29, 0.717) is 24.6 Å². The van der Waals surface area contributed by atoms with Crippen LogP contribution in [0.15, 0.2) is 41.2 Å². The molecule has 3 rings (SSSR count). The van der Waals surface area contributed by atoms with Crippen molar-refractivity contribution in [3.05, 3.63) is 52.4 Å². The van der Waals surface area contributed by atoms with Gasteiger partial charge in [-0.3, -0.25) is 14.5 Å². The minimum atomic E-state index is -0.182. The highest BCUT2D eigenvalue weighted by Crippen LogP contribution is 2.13. The van der Waals surface area contributed by atoms with E-state index in [4.69, 9.17) is 0 Å². The molecule has 0 aliphatic carbocycles. The second kappa shape index (κ2) is 7.40. The summed E-state index contributed by atoms with van der Waals surface area (Å²) in [5.41, 5.74) is 1.35. The monoisotopic (exact) mass is 326 g/mol. The van der Waals surface area contributed by atoms with Crippen molar-refractivity contribution in [2.24, 2.45) is 0 Å². The summed E-state index contributed by atoms with van der Waals surface area (Å²) in [5.74, 6) is 0.695. The van der Waals surface area contributed by atoms with Crippen LogP contribution in [-0.4, -0.2) is 52.4 Å². The van der Waals surface area contributed by atoms with Crippen LogP contribution in [0.4, 0.5) is 0 Å². The van der Waals surface area contributed by atoms with Crippen LogP contribution in [0.2, 0.25) is 0 Å². The molecule has 6 nitrogen and oxygen atoms in total. The van der Waals surface area contributed by atoms with Gasteiger partial charge in [-0.25, -0.2) is 4.98 Å². The number of carbonyl (C=O) groups excluding carboxylic acids is 1. The molecule has 24 heavy (non-hydrogen) atoms. The number of aromatic amines is 1. The smallest absolute Gasteiger partial charge is 0.251 e. The van der Waals surface area contributed by atoms with Crippen molar-refractivity contribution >= 4 is 5.91 Å². The van der Waals surface area contributed by atoms with E-state index < -0.39 is 0 Å². The van der Waals surface area contributed by atoms with Gasteiger partial charge in [0.25, 0.3) is 5.56 Å². The summed E-state index contributed by atoms with van der Waals surface area (Å²) in [6, 6.07) is 11.0. The van der Waals surface area contributed by atoms with E-state index >= 15 is 0 Å². The molecule has 1 aromatic heterocycles. The van der Waals surface area contributed by atoms with Crippen molar-refractivity contribution in [1.82, 2.24) is 19.8 Å². The van der Waals surface area contributed by atoms with Crippen LogP contribution in [0, 0.1) is 0 Å². The van der Waals surface area contributed by atoms with Crippen molar-refractivity contribution in [1.29, 1.82) is 0 Å². The molecule has 6 heteroatoms. The lowest BCUT2D eigenvalue weighted by atomic mass is 10.2. The zero-order valence-corrected chi connectivity index (χ0v) is 13.9. The average Bonchev–Trinajstić information content (AvgIpc) is 3.09. The standard InChI is InChI=1S/C18H22N4O2/c1-21(13-17(24)22-9-5-6-10-22)12-15-11-16(23)20-18(19-15)14-7-3-2-4-8-14/h2-4,7-8,11H,5-6,9-10,12-13H2,1H3,(H,19,20,23). The number of amides is 1. The highest BCUT2D eigenvalue weighted by molar-refractivity contribution is 5.78. The minimum absolute atomic E-state index is 0.142. The Kier molecular flexibility index (Phi) is 5.05. The van der Waals surface area contributed by atoms with Gasteiger partial charge in [0.2, 0.25) is 5.91 Å². The Labute approximate surface area is 141 Å². The van der Waals surface area contributed by atoms with Crippen LogP contribution in [0.25, 0.3) is 11.4 Å². The van der Waals surface area contributed by atoms with Gasteiger partial charge < -0.3 is 9.88 Å². The number of benzene rings is 1. The highest BCUT2D eigenvalue weighted by atomic mass is 16.2. The first-order valence-corrected chi connectivity index (χ1v) is 8.24. The lowest BCUT2D eigenvalue weighted by Gasteiger charge is -2.20. The summed E-state index contributed by atoms with van der Waals surface area (Å²) in [6.07, 6.45) is 2.18. The van der Waals surface area contributed by atoms with E-state index in [9.17, 15) is 9.59 Å². The molecule has 1 aliphatic rings. The van der Waals surface area contributed by atoms with E-state index in [1.165, 1.54) is 6.07 Å². The largest absolute Gasteiger partial charge is 0.342 e. The van der Waals surface area contributed by atoms with E-state index in [1.807, 2.05) is 47.2 Å². The molecule has 2 aromatic rings. The fraction of sp³-hybridized carbons (Fsp3) is 0.389. The number of rotatable bonds is 5. The zero-order valence-electron chi connectivity index (χ0n) is 13.9. The quantitative estimate of drug-likeness (QED) is 0.904. The Morgan fingerprint density at radius 1 is 1.25 bits per heavy atom. The van der Waals surface area contributed by atoms with Gasteiger partial charge in [-0.05, 0) is 19.9 Å². The van der Waals surface area contributed by atoms with Gasteiger partial charge in [-0.2, -0.15) is 0 Å². The molecular weight excluding hydrogens is 304 g/mol. The number of nitrogens with zero attached hydrogens (tertiary/aromatic N) is 3. The number of likely N-dealkylation sites (tertiary alicyclic amines) is 1. The predicted octanol–water partition coefficient (Wildman–Crippen LogP) is 1.49. The van der Waals surface area contributed by atoms with Crippen molar-refractivity contribution in [2.75, 3.05) is 26.7 Å². The average molecular weight is 326 g/mol. The topological polar surface area (TPSA) is 69.3 Å². The van der Waals surface area contributed by atoms with Crippen LogP contribution in [-0.2, 0) is 11.3 Å².